The van der Waals surface area contributed by atoms with Gasteiger partial charge in [-0.1, -0.05) is 19.8 Å². The van der Waals surface area contributed by atoms with E-state index < -0.39 is 0 Å². The summed E-state index contributed by atoms with van der Waals surface area (Å²) in [7, 11) is 0. The summed E-state index contributed by atoms with van der Waals surface area (Å²) >= 11 is 0. The third kappa shape index (κ3) is 3.84. The van der Waals surface area contributed by atoms with Gasteiger partial charge in [-0.2, -0.15) is 0 Å². The number of carbonyl (C=O) groups is 1. The topological polar surface area (TPSA) is 70.7 Å². The van der Waals surface area contributed by atoms with Gasteiger partial charge in [-0.05, 0) is 25.2 Å². The molecule has 2 rings (SSSR count). The van der Waals surface area contributed by atoms with Crippen molar-refractivity contribution in [2.24, 2.45) is 5.92 Å². The van der Waals surface area contributed by atoms with E-state index in [9.17, 15) is 4.79 Å². The van der Waals surface area contributed by atoms with Crippen LogP contribution in [0.25, 0.3) is 0 Å². The Morgan fingerprint density at radius 3 is 3.06 bits per heavy atom. The number of hydrogen-bond donors (Lipinski definition) is 2. The van der Waals surface area contributed by atoms with Gasteiger partial charge in [0.2, 0.25) is 5.82 Å². The summed E-state index contributed by atoms with van der Waals surface area (Å²) < 4.78 is 0. The Morgan fingerprint density at radius 2 is 2.35 bits per heavy atom. The summed E-state index contributed by atoms with van der Waals surface area (Å²) in [4.78, 5) is 15.8. The molecule has 1 fully saturated rings. The van der Waals surface area contributed by atoms with E-state index in [0.29, 0.717) is 0 Å². The minimum Gasteiger partial charge on any atom is -0.349 e. The smallest absolute Gasteiger partial charge is 0.290 e. The standard InChI is InChI=1S/C12H20N4O/c1-2-4-10-14-11(16-15-10)12(17)13-8-3-5-9-6-7-9/h9H,2-8H2,1H3,(H,13,17)(H,14,15,16). The molecular weight excluding hydrogens is 216 g/mol. The van der Waals surface area contributed by atoms with Gasteiger partial charge in [-0.3, -0.25) is 9.89 Å². The van der Waals surface area contributed by atoms with Gasteiger partial charge in [0.15, 0.2) is 0 Å². The first-order valence-electron chi connectivity index (χ1n) is 6.49. The van der Waals surface area contributed by atoms with Crippen molar-refractivity contribution >= 4 is 5.91 Å². The van der Waals surface area contributed by atoms with Crippen LogP contribution in [0.4, 0.5) is 0 Å². The summed E-state index contributed by atoms with van der Waals surface area (Å²) in [5.74, 6) is 1.81. The second-order valence-electron chi connectivity index (χ2n) is 4.70. The highest BCUT2D eigenvalue weighted by molar-refractivity contribution is 5.90. The van der Waals surface area contributed by atoms with Gasteiger partial charge in [-0.15, -0.1) is 5.10 Å². The maximum absolute atomic E-state index is 11.7. The van der Waals surface area contributed by atoms with Gasteiger partial charge in [0, 0.05) is 13.0 Å². The van der Waals surface area contributed by atoms with Crippen LogP contribution in [-0.2, 0) is 6.42 Å². The SMILES string of the molecule is CCCc1nc(C(=O)NCCCC2CC2)n[nH]1. The van der Waals surface area contributed by atoms with E-state index in [-0.39, 0.29) is 11.7 Å². The Kier molecular flexibility index (Phi) is 4.12. The summed E-state index contributed by atoms with van der Waals surface area (Å²) in [5, 5.41) is 9.55. The molecule has 5 nitrogen and oxygen atoms in total. The van der Waals surface area contributed by atoms with Gasteiger partial charge in [0.25, 0.3) is 5.91 Å². The number of nitrogens with zero attached hydrogens (tertiary/aromatic N) is 2. The van der Waals surface area contributed by atoms with Crippen molar-refractivity contribution in [3.05, 3.63) is 11.6 Å². The molecule has 0 aromatic carbocycles. The molecule has 0 aliphatic heterocycles. The third-order valence-electron chi connectivity index (χ3n) is 2.99. The highest BCUT2D eigenvalue weighted by Crippen LogP contribution is 2.33. The molecule has 1 aromatic rings. The van der Waals surface area contributed by atoms with Gasteiger partial charge < -0.3 is 5.32 Å². The van der Waals surface area contributed by atoms with Crippen molar-refractivity contribution < 1.29 is 4.79 Å². The number of aryl methyl sites for hydroxylation is 1. The van der Waals surface area contributed by atoms with Crippen molar-refractivity contribution in [3.63, 3.8) is 0 Å². The van der Waals surface area contributed by atoms with Gasteiger partial charge in [0.05, 0.1) is 0 Å². The second kappa shape index (κ2) is 5.80. The molecule has 1 saturated carbocycles. The van der Waals surface area contributed by atoms with Crippen molar-refractivity contribution in [2.45, 2.75) is 45.4 Å². The van der Waals surface area contributed by atoms with Crippen molar-refractivity contribution in [1.29, 1.82) is 0 Å². The van der Waals surface area contributed by atoms with Crippen LogP contribution in [-0.4, -0.2) is 27.6 Å². The molecule has 2 N–H and O–H groups in total. The van der Waals surface area contributed by atoms with E-state index in [1.165, 1.54) is 19.3 Å². The Hall–Kier alpha value is -1.39. The second-order valence-corrected chi connectivity index (χ2v) is 4.70. The molecule has 5 heteroatoms. The third-order valence-corrected chi connectivity index (χ3v) is 2.99. The monoisotopic (exact) mass is 236 g/mol. The Morgan fingerprint density at radius 1 is 1.53 bits per heavy atom. The van der Waals surface area contributed by atoms with E-state index in [1.54, 1.807) is 0 Å². The zero-order chi connectivity index (χ0) is 12.1. The Labute approximate surface area is 101 Å². The molecule has 0 bridgehead atoms. The van der Waals surface area contributed by atoms with Gasteiger partial charge in [0.1, 0.15) is 5.82 Å². The fraction of sp³-hybridized carbons (Fsp3) is 0.750. The predicted octanol–water partition coefficient (Wildman–Crippen LogP) is 1.68. The van der Waals surface area contributed by atoms with Crippen molar-refractivity contribution in [2.75, 3.05) is 6.54 Å². The molecule has 0 saturated heterocycles. The molecule has 0 unspecified atom stereocenters. The van der Waals surface area contributed by atoms with Crippen LogP contribution >= 0.6 is 0 Å². The minimum atomic E-state index is -0.167. The van der Waals surface area contributed by atoms with Crippen LogP contribution in [0.3, 0.4) is 0 Å². The van der Waals surface area contributed by atoms with Crippen LogP contribution in [0.2, 0.25) is 0 Å². The quantitative estimate of drug-likeness (QED) is 0.707. The Balaban J connectivity index is 1.69. The lowest BCUT2D eigenvalue weighted by Gasteiger charge is -2.01. The molecule has 1 aromatic heterocycles. The fourth-order valence-corrected chi connectivity index (χ4v) is 1.82. The van der Waals surface area contributed by atoms with Crippen LogP contribution in [0.1, 0.15) is 55.5 Å². The molecule has 0 spiro atoms. The lowest BCUT2D eigenvalue weighted by atomic mass is 10.2. The molecular formula is C12H20N4O. The van der Waals surface area contributed by atoms with Crippen LogP contribution in [0, 0.1) is 5.92 Å². The van der Waals surface area contributed by atoms with Gasteiger partial charge in [-0.25, -0.2) is 4.98 Å². The summed E-state index contributed by atoms with van der Waals surface area (Å²) in [5.41, 5.74) is 0. The number of H-pyrrole nitrogens is 1. The van der Waals surface area contributed by atoms with Crippen LogP contribution in [0.5, 0.6) is 0 Å². The van der Waals surface area contributed by atoms with Crippen LogP contribution < -0.4 is 5.32 Å². The number of amides is 1. The average Bonchev–Trinajstić information content (AvgIpc) is 3.03. The fourth-order valence-electron chi connectivity index (χ4n) is 1.82. The van der Waals surface area contributed by atoms with Gasteiger partial charge >= 0.3 is 0 Å². The Bertz CT molecular complexity index is 370. The largest absolute Gasteiger partial charge is 0.349 e. The minimum absolute atomic E-state index is 0.167. The first kappa shape index (κ1) is 12.1. The average molecular weight is 236 g/mol. The zero-order valence-electron chi connectivity index (χ0n) is 10.3. The molecule has 1 aliphatic carbocycles. The van der Waals surface area contributed by atoms with E-state index in [1.807, 2.05) is 0 Å². The number of aromatic amines is 1. The number of rotatable bonds is 7. The highest BCUT2D eigenvalue weighted by atomic mass is 16.2. The lowest BCUT2D eigenvalue weighted by molar-refractivity contribution is 0.0942. The summed E-state index contributed by atoms with van der Waals surface area (Å²) in [6.45, 7) is 2.80. The van der Waals surface area contributed by atoms with Crippen molar-refractivity contribution in [1.82, 2.24) is 20.5 Å². The van der Waals surface area contributed by atoms with E-state index >= 15 is 0 Å². The molecule has 1 aliphatic rings. The molecule has 0 radical (unpaired) electrons. The number of carbonyl (C=O) groups excluding carboxylic acids is 1. The van der Waals surface area contributed by atoms with Crippen LogP contribution in [0.15, 0.2) is 0 Å². The number of nitrogens with one attached hydrogen (secondary N) is 2. The summed E-state index contributed by atoms with van der Waals surface area (Å²) in [6, 6.07) is 0. The first-order valence-corrected chi connectivity index (χ1v) is 6.49. The molecule has 1 heterocycles. The zero-order valence-corrected chi connectivity index (χ0v) is 10.3. The number of aromatic nitrogens is 3. The molecule has 0 atom stereocenters. The normalized spacial score (nSPS) is 14.9. The summed E-state index contributed by atoms with van der Waals surface area (Å²) in [6.07, 6.45) is 6.86. The van der Waals surface area contributed by atoms with Crippen molar-refractivity contribution in [3.8, 4) is 0 Å². The number of hydrogen-bond acceptors (Lipinski definition) is 3. The molecule has 94 valence electrons. The highest BCUT2D eigenvalue weighted by Gasteiger charge is 2.20. The molecule has 1 amide bonds. The first-order chi connectivity index (χ1) is 8.29. The predicted molar refractivity (Wildman–Crippen MR) is 64.7 cm³/mol. The lowest BCUT2D eigenvalue weighted by Crippen LogP contribution is -2.25. The molecule has 17 heavy (non-hydrogen) atoms. The maximum atomic E-state index is 11.7. The van der Waals surface area contributed by atoms with E-state index in [4.69, 9.17) is 0 Å². The maximum Gasteiger partial charge on any atom is 0.290 e. The van der Waals surface area contributed by atoms with E-state index in [2.05, 4.69) is 27.4 Å². The van der Waals surface area contributed by atoms with E-state index in [0.717, 1.165) is 37.5 Å².